The van der Waals surface area contributed by atoms with Gasteiger partial charge in [0, 0.05) is 25.6 Å². The van der Waals surface area contributed by atoms with E-state index in [9.17, 15) is 18.0 Å². The number of halogens is 3. The summed E-state index contributed by atoms with van der Waals surface area (Å²) in [6.45, 7) is 4.19. The molecule has 3 aromatic rings. The van der Waals surface area contributed by atoms with Crippen LogP contribution in [0.5, 0.6) is 5.75 Å². The summed E-state index contributed by atoms with van der Waals surface area (Å²) >= 11 is 0. The van der Waals surface area contributed by atoms with Crippen LogP contribution in [-0.2, 0) is 22.1 Å². The zero-order valence-corrected chi connectivity index (χ0v) is 18.5. The molecule has 0 aliphatic heterocycles. The highest BCUT2D eigenvalue weighted by molar-refractivity contribution is 5.72. The highest BCUT2D eigenvalue weighted by atomic mass is 19.4. The number of benzene rings is 2. The maximum Gasteiger partial charge on any atom is 0.416 e. The summed E-state index contributed by atoms with van der Waals surface area (Å²) in [7, 11) is 1.36. The van der Waals surface area contributed by atoms with Crippen LogP contribution in [0.2, 0.25) is 0 Å². The number of hydrogen-bond donors (Lipinski definition) is 1. The van der Waals surface area contributed by atoms with Crippen molar-refractivity contribution in [3.8, 4) is 11.4 Å². The first-order valence-electron chi connectivity index (χ1n) is 10.3. The van der Waals surface area contributed by atoms with Crippen molar-refractivity contribution in [2.24, 2.45) is 0 Å². The lowest BCUT2D eigenvalue weighted by atomic mass is 10.0. The van der Waals surface area contributed by atoms with Crippen LogP contribution in [0.1, 0.15) is 35.2 Å². The van der Waals surface area contributed by atoms with Crippen molar-refractivity contribution < 1.29 is 32.5 Å². The maximum absolute atomic E-state index is 12.8. The van der Waals surface area contributed by atoms with Crippen molar-refractivity contribution in [3.63, 3.8) is 0 Å². The van der Waals surface area contributed by atoms with Crippen LogP contribution >= 0.6 is 0 Å². The van der Waals surface area contributed by atoms with E-state index in [2.05, 4.69) is 5.10 Å². The number of rotatable bonds is 9. The van der Waals surface area contributed by atoms with E-state index >= 15 is 0 Å². The van der Waals surface area contributed by atoms with Crippen LogP contribution in [0, 0.1) is 6.92 Å². The fourth-order valence-corrected chi connectivity index (χ4v) is 3.41. The Morgan fingerprint density at radius 3 is 2.30 bits per heavy atom. The number of aromatic nitrogens is 2. The number of aryl methyl sites for hydroxylation is 1. The van der Waals surface area contributed by atoms with Crippen molar-refractivity contribution in [1.82, 2.24) is 9.78 Å². The van der Waals surface area contributed by atoms with E-state index in [0.29, 0.717) is 18.0 Å². The predicted octanol–water partition coefficient (Wildman–Crippen LogP) is 5.02. The molecule has 1 heterocycles. The number of methoxy groups -OCH3 is 1. The normalized spacial score (nSPS) is 13.5. The van der Waals surface area contributed by atoms with Gasteiger partial charge in [0.2, 0.25) is 0 Å². The van der Waals surface area contributed by atoms with Crippen molar-refractivity contribution >= 4 is 5.97 Å². The first kappa shape index (κ1) is 24.3. The number of aliphatic carboxylic acids is 1. The zero-order valence-electron chi connectivity index (χ0n) is 18.5. The fourth-order valence-electron chi connectivity index (χ4n) is 3.41. The molecule has 2 aromatic carbocycles. The molecule has 1 aromatic heterocycles. The van der Waals surface area contributed by atoms with Gasteiger partial charge in [0.25, 0.3) is 0 Å². The molecule has 0 bridgehead atoms. The molecule has 1 N–H and O–H groups in total. The lowest BCUT2D eigenvalue weighted by Crippen LogP contribution is -2.24. The van der Waals surface area contributed by atoms with Crippen molar-refractivity contribution in [3.05, 3.63) is 77.1 Å². The lowest BCUT2D eigenvalue weighted by molar-refractivity contribution is -0.148. The Labute approximate surface area is 189 Å². The second kappa shape index (κ2) is 10.1. The van der Waals surface area contributed by atoms with Crippen LogP contribution in [-0.4, -0.2) is 40.7 Å². The van der Waals surface area contributed by atoms with E-state index in [1.807, 2.05) is 13.8 Å². The molecule has 0 spiro atoms. The molecule has 33 heavy (non-hydrogen) atoms. The third-order valence-corrected chi connectivity index (χ3v) is 5.33. The van der Waals surface area contributed by atoms with Gasteiger partial charge in [-0.2, -0.15) is 18.3 Å². The van der Waals surface area contributed by atoms with Gasteiger partial charge in [-0.1, -0.05) is 19.1 Å². The Bertz CT molecular complexity index is 1080. The van der Waals surface area contributed by atoms with E-state index in [4.69, 9.17) is 14.6 Å². The molecule has 0 amide bonds. The van der Waals surface area contributed by atoms with Crippen molar-refractivity contribution in [1.29, 1.82) is 0 Å². The molecular formula is C24H25F3N2O4. The van der Waals surface area contributed by atoms with Gasteiger partial charge in [0.1, 0.15) is 5.75 Å². The van der Waals surface area contributed by atoms with E-state index < -0.39 is 23.8 Å². The first-order valence-corrected chi connectivity index (χ1v) is 10.3. The Kier molecular flexibility index (Phi) is 7.43. The zero-order chi connectivity index (χ0) is 24.2. The first-order chi connectivity index (χ1) is 15.6. The number of hydrogen-bond acceptors (Lipinski definition) is 4. The third-order valence-electron chi connectivity index (χ3n) is 5.33. The van der Waals surface area contributed by atoms with Gasteiger partial charge in [-0.3, -0.25) is 0 Å². The monoisotopic (exact) mass is 462 g/mol. The molecule has 176 valence electrons. The van der Waals surface area contributed by atoms with Crippen LogP contribution < -0.4 is 4.74 Å². The standard InChI is InChI=1S/C24H25F3N2O4/c1-15(14-33-20-10-4-17(5-11-20)12-22(32-3)23(30)31)21-13-29(28-16(21)2)19-8-6-18(7-9-19)24(25,26)27/h4-11,13,15,22H,12,14H2,1-3H3,(H,30,31)/t15?,22-/m0/s1. The van der Waals surface area contributed by atoms with E-state index in [1.165, 1.54) is 19.2 Å². The molecule has 0 aliphatic carbocycles. The lowest BCUT2D eigenvalue weighted by Gasteiger charge is -2.14. The van der Waals surface area contributed by atoms with Gasteiger partial charge in [-0.25, -0.2) is 9.48 Å². The average molecular weight is 462 g/mol. The Morgan fingerprint density at radius 2 is 1.76 bits per heavy atom. The smallest absolute Gasteiger partial charge is 0.416 e. The number of carboxylic acid groups (broad SMARTS) is 1. The summed E-state index contributed by atoms with van der Waals surface area (Å²) in [5.74, 6) is -0.390. The van der Waals surface area contributed by atoms with E-state index in [0.717, 1.165) is 29.0 Å². The van der Waals surface area contributed by atoms with Crippen LogP contribution in [0.25, 0.3) is 5.69 Å². The summed E-state index contributed by atoms with van der Waals surface area (Å²) in [6, 6.07) is 12.0. The third kappa shape index (κ3) is 6.13. The minimum absolute atomic E-state index is 0.0160. The highest BCUT2D eigenvalue weighted by Gasteiger charge is 2.30. The van der Waals surface area contributed by atoms with Gasteiger partial charge >= 0.3 is 12.1 Å². The van der Waals surface area contributed by atoms with Crippen LogP contribution in [0.3, 0.4) is 0 Å². The molecule has 9 heteroatoms. The summed E-state index contributed by atoms with van der Waals surface area (Å²) in [6.07, 6.45) is -3.23. The second-order valence-electron chi connectivity index (χ2n) is 7.78. The number of alkyl halides is 3. The molecule has 3 rings (SSSR count). The highest BCUT2D eigenvalue weighted by Crippen LogP contribution is 2.30. The summed E-state index contributed by atoms with van der Waals surface area (Å²) in [5, 5.41) is 13.5. The summed E-state index contributed by atoms with van der Waals surface area (Å²) in [5.41, 5.74) is 2.34. The SMILES string of the molecule is CO[C@@H](Cc1ccc(OCC(C)c2cn(-c3ccc(C(F)(F)F)cc3)nc2C)cc1)C(=O)O. The van der Waals surface area contributed by atoms with Gasteiger partial charge in [-0.05, 0) is 54.4 Å². The summed E-state index contributed by atoms with van der Waals surface area (Å²) < 4.78 is 50.7. The Balaban J connectivity index is 1.62. The molecule has 2 atom stereocenters. The number of carbonyl (C=O) groups is 1. The average Bonchev–Trinajstić information content (AvgIpc) is 3.17. The molecular weight excluding hydrogens is 437 g/mol. The van der Waals surface area contributed by atoms with Crippen molar-refractivity contribution in [2.45, 2.75) is 38.5 Å². The topological polar surface area (TPSA) is 73.6 Å². The quantitative estimate of drug-likeness (QED) is 0.483. The second-order valence-corrected chi connectivity index (χ2v) is 7.78. The van der Waals surface area contributed by atoms with Crippen molar-refractivity contribution in [2.75, 3.05) is 13.7 Å². The van der Waals surface area contributed by atoms with Gasteiger partial charge in [0.15, 0.2) is 6.10 Å². The maximum atomic E-state index is 12.8. The largest absolute Gasteiger partial charge is 0.493 e. The fraction of sp³-hybridized carbons (Fsp3) is 0.333. The Hall–Kier alpha value is -3.33. The number of ether oxygens (including phenoxy) is 2. The summed E-state index contributed by atoms with van der Waals surface area (Å²) in [4.78, 5) is 11.1. The van der Waals surface area contributed by atoms with Gasteiger partial charge < -0.3 is 14.6 Å². The minimum atomic E-state index is -4.38. The minimum Gasteiger partial charge on any atom is -0.493 e. The van der Waals surface area contributed by atoms with Gasteiger partial charge in [0.05, 0.1) is 23.6 Å². The molecule has 0 aliphatic rings. The molecule has 6 nitrogen and oxygen atoms in total. The number of carboxylic acids is 1. The molecule has 1 unspecified atom stereocenters. The Morgan fingerprint density at radius 1 is 1.12 bits per heavy atom. The van der Waals surface area contributed by atoms with Crippen LogP contribution in [0.15, 0.2) is 54.7 Å². The molecule has 0 radical (unpaired) electrons. The van der Waals surface area contributed by atoms with E-state index in [-0.39, 0.29) is 12.3 Å². The molecule has 0 saturated carbocycles. The molecule has 0 saturated heterocycles. The van der Waals surface area contributed by atoms with Gasteiger partial charge in [-0.15, -0.1) is 0 Å². The predicted molar refractivity (Wildman–Crippen MR) is 116 cm³/mol. The van der Waals surface area contributed by atoms with E-state index in [1.54, 1.807) is 35.1 Å². The molecule has 0 fully saturated rings. The van der Waals surface area contributed by atoms with Crippen LogP contribution in [0.4, 0.5) is 13.2 Å². The number of nitrogens with zero attached hydrogens (tertiary/aromatic N) is 2.